The second-order valence-electron chi connectivity index (χ2n) is 6.75. The average molecular weight is 349 g/mol. The zero-order valence-electron chi connectivity index (χ0n) is 14.6. The Morgan fingerprint density at radius 3 is 3.00 bits per heavy atom. The second kappa shape index (κ2) is 7.58. The minimum Gasteiger partial charge on any atom is -0.337 e. The molecule has 0 bridgehead atoms. The van der Waals surface area contributed by atoms with E-state index in [9.17, 15) is 4.79 Å². The Morgan fingerprint density at radius 2 is 2.12 bits per heavy atom. The Labute approximate surface area is 152 Å². The number of H-pyrrole nitrogens is 1. The number of aromatic nitrogens is 2. The molecule has 4 rings (SSSR count). The molecule has 1 aliphatic rings. The first-order chi connectivity index (χ1) is 12.8. The van der Waals surface area contributed by atoms with Gasteiger partial charge >= 0.3 is 6.03 Å². The number of benzene rings is 2. The minimum absolute atomic E-state index is 0.174. The van der Waals surface area contributed by atoms with Crippen LogP contribution in [-0.4, -0.2) is 47.3 Å². The number of rotatable bonds is 5. The molecule has 6 nitrogen and oxygen atoms in total. The lowest BCUT2D eigenvalue weighted by Gasteiger charge is -2.16. The maximum absolute atomic E-state index is 12.1. The lowest BCUT2D eigenvalue weighted by molar-refractivity contribution is 0.249. The molecule has 1 aromatic heterocycles. The summed E-state index contributed by atoms with van der Waals surface area (Å²) in [5, 5.41) is 13.7. The molecule has 6 heteroatoms. The molecular formula is C20H23N5O. The molecule has 1 atom stereocenters. The van der Waals surface area contributed by atoms with Crippen LogP contribution in [0.5, 0.6) is 0 Å². The van der Waals surface area contributed by atoms with Crippen molar-refractivity contribution < 1.29 is 4.79 Å². The molecule has 1 saturated heterocycles. The zero-order chi connectivity index (χ0) is 17.8. The summed E-state index contributed by atoms with van der Waals surface area (Å²) in [6.07, 6.45) is 2.93. The van der Waals surface area contributed by atoms with E-state index >= 15 is 0 Å². The van der Waals surface area contributed by atoms with Crippen molar-refractivity contribution in [2.24, 2.45) is 0 Å². The van der Waals surface area contributed by atoms with Crippen LogP contribution in [0.1, 0.15) is 17.9 Å². The van der Waals surface area contributed by atoms with Crippen LogP contribution in [0.15, 0.2) is 54.7 Å². The van der Waals surface area contributed by atoms with Gasteiger partial charge in [-0.2, -0.15) is 5.10 Å². The summed E-state index contributed by atoms with van der Waals surface area (Å²) in [6.45, 7) is 3.66. The number of urea groups is 1. The third kappa shape index (κ3) is 3.86. The van der Waals surface area contributed by atoms with Crippen molar-refractivity contribution in [3.63, 3.8) is 0 Å². The number of hydrogen-bond acceptors (Lipinski definition) is 3. The van der Waals surface area contributed by atoms with Gasteiger partial charge in [0.15, 0.2) is 0 Å². The maximum atomic E-state index is 12.1. The van der Waals surface area contributed by atoms with Crippen LogP contribution < -0.4 is 10.6 Å². The van der Waals surface area contributed by atoms with Crippen molar-refractivity contribution >= 4 is 22.6 Å². The highest BCUT2D eigenvalue weighted by Gasteiger charge is 2.23. The third-order valence-corrected chi connectivity index (χ3v) is 4.96. The highest BCUT2D eigenvalue weighted by molar-refractivity contribution is 5.92. The van der Waals surface area contributed by atoms with E-state index in [1.165, 1.54) is 12.0 Å². The number of anilines is 1. The minimum atomic E-state index is -0.174. The van der Waals surface area contributed by atoms with Crippen LogP contribution in [0.2, 0.25) is 0 Å². The molecule has 2 amide bonds. The van der Waals surface area contributed by atoms with E-state index in [0.29, 0.717) is 12.5 Å². The monoisotopic (exact) mass is 349 g/mol. The maximum Gasteiger partial charge on any atom is 0.319 e. The van der Waals surface area contributed by atoms with E-state index in [-0.39, 0.29) is 6.03 Å². The fourth-order valence-corrected chi connectivity index (χ4v) is 3.56. The largest absolute Gasteiger partial charge is 0.337 e. The van der Waals surface area contributed by atoms with E-state index in [1.807, 2.05) is 18.2 Å². The summed E-state index contributed by atoms with van der Waals surface area (Å²) >= 11 is 0. The lowest BCUT2D eigenvalue weighted by Crippen LogP contribution is -2.36. The predicted octanol–water partition coefficient (Wildman–Crippen LogP) is 3.17. The van der Waals surface area contributed by atoms with Crippen LogP contribution in [0.3, 0.4) is 0 Å². The Balaban J connectivity index is 1.21. The second-order valence-corrected chi connectivity index (χ2v) is 6.75. The summed E-state index contributed by atoms with van der Waals surface area (Å²) in [6, 6.07) is 16.2. The number of hydrogen-bond donors (Lipinski definition) is 3. The Morgan fingerprint density at radius 1 is 1.23 bits per heavy atom. The van der Waals surface area contributed by atoms with Crippen LogP contribution in [0, 0.1) is 0 Å². The van der Waals surface area contributed by atoms with Crippen molar-refractivity contribution in [3.8, 4) is 0 Å². The number of fused-ring (bicyclic) bond motifs is 1. The summed E-state index contributed by atoms with van der Waals surface area (Å²) in [5.74, 6) is 0.603. The van der Waals surface area contributed by atoms with Gasteiger partial charge in [0.2, 0.25) is 0 Å². The fraction of sp³-hybridized carbons (Fsp3) is 0.300. The molecule has 2 aromatic carbocycles. The van der Waals surface area contributed by atoms with Crippen molar-refractivity contribution in [2.45, 2.75) is 12.3 Å². The first kappa shape index (κ1) is 16.6. The van der Waals surface area contributed by atoms with Crippen LogP contribution >= 0.6 is 0 Å². The summed E-state index contributed by atoms with van der Waals surface area (Å²) in [7, 11) is 0. The number of nitrogens with zero attached hydrogens (tertiary/aromatic N) is 2. The van der Waals surface area contributed by atoms with E-state index in [0.717, 1.165) is 36.2 Å². The van der Waals surface area contributed by atoms with E-state index < -0.39 is 0 Å². The topological polar surface area (TPSA) is 73.1 Å². The number of likely N-dealkylation sites (tertiary alicyclic amines) is 1. The highest BCUT2D eigenvalue weighted by Crippen LogP contribution is 2.26. The molecule has 26 heavy (non-hydrogen) atoms. The predicted molar refractivity (Wildman–Crippen MR) is 103 cm³/mol. The van der Waals surface area contributed by atoms with Gasteiger partial charge in [0.25, 0.3) is 0 Å². The molecule has 0 radical (unpaired) electrons. The normalized spacial score (nSPS) is 17.5. The van der Waals surface area contributed by atoms with Gasteiger partial charge in [-0.25, -0.2) is 4.79 Å². The van der Waals surface area contributed by atoms with Gasteiger partial charge in [0.1, 0.15) is 0 Å². The molecule has 0 saturated carbocycles. The van der Waals surface area contributed by atoms with Gasteiger partial charge in [-0.1, -0.05) is 30.3 Å². The average Bonchev–Trinajstić information content (AvgIpc) is 3.31. The van der Waals surface area contributed by atoms with Crippen molar-refractivity contribution in [1.82, 2.24) is 20.4 Å². The summed E-state index contributed by atoms with van der Waals surface area (Å²) in [5.41, 5.74) is 3.13. The Kier molecular flexibility index (Phi) is 4.84. The van der Waals surface area contributed by atoms with Crippen molar-refractivity contribution in [2.75, 3.05) is 31.5 Å². The van der Waals surface area contributed by atoms with Crippen LogP contribution in [0.25, 0.3) is 10.9 Å². The first-order valence-electron chi connectivity index (χ1n) is 9.03. The molecule has 2 heterocycles. The van der Waals surface area contributed by atoms with Gasteiger partial charge in [0.05, 0.1) is 11.7 Å². The first-order valence-corrected chi connectivity index (χ1v) is 9.03. The molecule has 0 unspecified atom stereocenters. The zero-order valence-corrected chi connectivity index (χ0v) is 14.6. The van der Waals surface area contributed by atoms with Crippen LogP contribution in [-0.2, 0) is 0 Å². The third-order valence-electron chi connectivity index (χ3n) is 4.96. The number of nitrogens with one attached hydrogen (secondary N) is 3. The molecule has 3 N–H and O–H groups in total. The van der Waals surface area contributed by atoms with E-state index in [4.69, 9.17) is 0 Å². The van der Waals surface area contributed by atoms with Gasteiger partial charge < -0.3 is 15.5 Å². The molecule has 0 aliphatic carbocycles. The highest BCUT2D eigenvalue weighted by atomic mass is 16.2. The number of carbonyl (C=O) groups is 1. The fourth-order valence-electron chi connectivity index (χ4n) is 3.56. The summed E-state index contributed by atoms with van der Waals surface area (Å²) < 4.78 is 0. The van der Waals surface area contributed by atoms with Crippen molar-refractivity contribution in [1.29, 1.82) is 0 Å². The number of amides is 2. The smallest absolute Gasteiger partial charge is 0.319 e. The number of carbonyl (C=O) groups excluding carboxylic acids is 1. The molecule has 0 spiro atoms. The summed E-state index contributed by atoms with van der Waals surface area (Å²) in [4.78, 5) is 14.5. The number of aromatic amines is 1. The molecule has 3 aromatic rings. The van der Waals surface area contributed by atoms with Gasteiger partial charge in [-0.15, -0.1) is 0 Å². The quantitative estimate of drug-likeness (QED) is 0.662. The molecular weight excluding hydrogens is 326 g/mol. The van der Waals surface area contributed by atoms with Gasteiger partial charge in [-0.3, -0.25) is 5.10 Å². The lowest BCUT2D eigenvalue weighted by atomic mass is 9.99. The van der Waals surface area contributed by atoms with Gasteiger partial charge in [-0.05, 0) is 42.6 Å². The van der Waals surface area contributed by atoms with Gasteiger partial charge in [0, 0.05) is 30.7 Å². The van der Waals surface area contributed by atoms with E-state index in [2.05, 4.69) is 56.1 Å². The molecule has 134 valence electrons. The Hall–Kier alpha value is -2.86. The van der Waals surface area contributed by atoms with Crippen molar-refractivity contribution in [3.05, 3.63) is 60.3 Å². The van der Waals surface area contributed by atoms with Crippen LogP contribution in [0.4, 0.5) is 10.5 Å². The standard InChI is InChI=1S/C20H23N5O/c26-20(23-18-6-7-19-17(12-18)13-22-24-19)21-9-11-25-10-8-16(14-25)15-4-2-1-3-5-15/h1-7,12-13,16H,8-11,14H2,(H,22,24)(H2,21,23,26)/t16-/m1/s1. The van der Waals surface area contributed by atoms with E-state index in [1.54, 1.807) is 6.20 Å². The Bertz CT molecular complexity index is 876. The molecule has 1 aliphatic heterocycles. The SMILES string of the molecule is O=C(NCCN1CC[C@@H](c2ccccc2)C1)Nc1ccc2[nH]ncc2c1. The molecule has 1 fully saturated rings.